The van der Waals surface area contributed by atoms with E-state index in [2.05, 4.69) is 0 Å². The number of hydrogen-bond donors (Lipinski definition) is 0. The maximum absolute atomic E-state index is 11.2. The SMILES string of the molecule is CCOC(=O)[C@@H]1C[C@H]1c1ccco1. The second-order valence-corrected chi connectivity index (χ2v) is 3.22. The molecule has 1 aliphatic rings. The van der Waals surface area contributed by atoms with Gasteiger partial charge in [0.15, 0.2) is 0 Å². The third kappa shape index (κ3) is 1.59. The standard InChI is InChI=1S/C10H12O3/c1-2-12-10(11)8-6-7(8)9-4-3-5-13-9/h3-5,7-8H,2,6H2,1H3/t7-,8-/m1/s1. The van der Waals surface area contributed by atoms with Crippen LogP contribution in [0, 0.1) is 5.92 Å². The van der Waals surface area contributed by atoms with Crippen LogP contribution in [0.25, 0.3) is 0 Å². The summed E-state index contributed by atoms with van der Waals surface area (Å²) in [5.74, 6) is 1.10. The van der Waals surface area contributed by atoms with Gasteiger partial charge in [-0.2, -0.15) is 0 Å². The van der Waals surface area contributed by atoms with E-state index in [1.807, 2.05) is 19.1 Å². The quantitative estimate of drug-likeness (QED) is 0.667. The van der Waals surface area contributed by atoms with Crippen LogP contribution in [0.5, 0.6) is 0 Å². The maximum Gasteiger partial charge on any atom is 0.309 e. The lowest BCUT2D eigenvalue weighted by atomic mass is 10.2. The molecule has 1 fully saturated rings. The fourth-order valence-corrected chi connectivity index (χ4v) is 1.52. The lowest BCUT2D eigenvalue weighted by molar-refractivity contribution is -0.144. The van der Waals surface area contributed by atoms with Crippen LogP contribution >= 0.6 is 0 Å². The highest BCUT2D eigenvalue weighted by Crippen LogP contribution is 2.48. The summed E-state index contributed by atoms with van der Waals surface area (Å²) in [5.41, 5.74) is 0. The van der Waals surface area contributed by atoms with Crippen LogP contribution in [0.3, 0.4) is 0 Å². The van der Waals surface area contributed by atoms with Gasteiger partial charge in [-0.3, -0.25) is 4.79 Å². The zero-order chi connectivity index (χ0) is 9.26. The zero-order valence-corrected chi connectivity index (χ0v) is 7.53. The van der Waals surface area contributed by atoms with Crippen molar-refractivity contribution in [3.05, 3.63) is 24.2 Å². The summed E-state index contributed by atoms with van der Waals surface area (Å²) in [6.07, 6.45) is 2.50. The molecular weight excluding hydrogens is 168 g/mol. The minimum Gasteiger partial charge on any atom is -0.469 e. The van der Waals surface area contributed by atoms with Crippen LogP contribution in [-0.4, -0.2) is 12.6 Å². The number of ether oxygens (including phenoxy) is 1. The van der Waals surface area contributed by atoms with Crippen LogP contribution in [0.2, 0.25) is 0 Å². The van der Waals surface area contributed by atoms with Crippen molar-refractivity contribution < 1.29 is 13.9 Å². The molecular formula is C10H12O3. The van der Waals surface area contributed by atoms with Crippen LogP contribution in [0.4, 0.5) is 0 Å². The van der Waals surface area contributed by atoms with Crippen molar-refractivity contribution in [1.82, 2.24) is 0 Å². The molecule has 1 aromatic heterocycles. The second-order valence-electron chi connectivity index (χ2n) is 3.22. The molecule has 1 aromatic rings. The largest absolute Gasteiger partial charge is 0.469 e. The Morgan fingerprint density at radius 2 is 2.62 bits per heavy atom. The highest BCUT2D eigenvalue weighted by atomic mass is 16.5. The van der Waals surface area contributed by atoms with E-state index in [9.17, 15) is 4.79 Å². The van der Waals surface area contributed by atoms with Crippen LogP contribution < -0.4 is 0 Å². The summed E-state index contributed by atoms with van der Waals surface area (Å²) < 4.78 is 10.1. The van der Waals surface area contributed by atoms with Gasteiger partial charge in [0.2, 0.25) is 0 Å². The van der Waals surface area contributed by atoms with Crippen molar-refractivity contribution in [2.24, 2.45) is 5.92 Å². The Balaban J connectivity index is 1.92. The van der Waals surface area contributed by atoms with Gasteiger partial charge in [-0.05, 0) is 25.5 Å². The molecule has 2 rings (SSSR count). The van der Waals surface area contributed by atoms with Crippen LogP contribution in [0.15, 0.2) is 22.8 Å². The molecule has 0 aliphatic heterocycles. The average Bonchev–Trinajstić information content (AvgIpc) is 2.74. The smallest absolute Gasteiger partial charge is 0.309 e. The lowest BCUT2D eigenvalue weighted by Gasteiger charge is -1.98. The molecule has 2 atom stereocenters. The van der Waals surface area contributed by atoms with Gasteiger partial charge in [-0.25, -0.2) is 0 Å². The maximum atomic E-state index is 11.2. The van der Waals surface area contributed by atoms with Crippen LogP contribution in [0.1, 0.15) is 25.0 Å². The molecule has 3 nitrogen and oxygen atoms in total. The summed E-state index contributed by atoms with van der Waals surface area (Å²) in [7, 11) is 0. The minimum atomic E-state index is -0.0936. The molecule has 0 spiro atoms. The minimum absolute atomic E-state index is 0.0334. The van der Waals surface area contributed by atoms with Crippen LogP contribution in [-0.2, 0) is 9.53 Å². The van der Waals surface area contributed by atoms with E-state index < -0.39 is 0 Å². The molecule has 70 valence electrons. The summed E-state index contributed by atoms with van der Waals surface area (Å²) in [5, 5.41) is 0. The number of furan rings is 1. The van der Waals surface area contributed by atoms with E-state index in [4.69, 9.17) is 9.15 Å². The third-order valence-electron chi connectivity index (χ3n) is 2.29. The Kier molecular flexibility index (Phi) is 2.08. The fraction of sp³-hybridized carbons (Fsp3) is 0.500. The van der Waals surface area contributed by atoms with Gasteiger partial charge in [0.1, 0.15) is 5.76 Å². The average molecular weight is 180 g/mol. The molecule has 0 radical (unpaired) electrons. The molecule has 0 unspecified atom stereocenters. The van der Waals surface area contributed by atoms with Gasteiger partial charge in [-0.1, -0.05) is 0 Å². The summed E-state index contributed by atoms with van der Waals surface area (Å²) >= 11 is 0. The number of hydrogen-bond acceptors (Lipinski definition) is 3. The first-order valence-electron chi connectivity index (χ1n) is 4.53. The van der Waals surface area contributed by atoms with Gasteiger partial charge in [0.05, 0.1) is 18.8 Å². The highest BCUT2D eigenvalue weighted by Gasteiger charge is 2.46. The van der Waals surface area contributed by atoms with Gasteiger partial charge >= 0.3 is 5.97 Å². The van der Waals surface area contributed by atoms with Gasteiger partial charge in [-0.15, -0.1) is 0 Å². The number of esters is 1. The molecule has 0 amide bonds. The Hall–Kier alpha value is -1.25. The first-order valence-corrected chi connectivity index (χ1v) is 4.53. The molecule has 0 aromatic carbocycles. The second kappa shape index (κ2) is 3.24. The Morgan fingerprint density at radius 1 is 1.77 bits per heavy atom. The number of rotatable bonds is 3. The van der Waals surface area contributed by atoms with Crippen molar-refractivity contribution in [2.45, 2.75) is 19.3 Å². The zero-order valence-electron chi connectivity index (χ0n) is 7.53. The lowest BCUT2D eigenvalue weighted by Crippen LogP contribution is -2.06. The van der Waals surface area contributed by atoms with E-state index in [0.29, 0.717) is 6.61 Å². The normalized spacial score (nSPS) is 25.6. The van der Waals surface area contributed by atoms with Crippen molar-refractivity contribution in [3.63, 3.8) is 0 Å². The van der Waals surface area contributed by atoms with E-state index in [1.165, 1.54) is 0 Å². The van der Waals surface area contributed by atoms with Crippen molar-refractivity contribution in [2.75, 3.05) is 6.61 Å². The highest BCUT2D eigenvalue weighted by molar-refractivity contribution is 5.77. The third-order valence-corrected chi connectivity index (χ3v) is 2.29. The monoisotopic (exact) mass is 180 g/mol. The Labute approximate surface area is 76.7 Å². The first-order chi connectivity index (χ1) is 6.33. The fourth-order valence-electron chi connectivity index (χ4n) is 1.52. The van der Waals surface area contributed by atoms with Gasteiger partial charge in [0, 0.05) is 5.92 Å². The summed E-state index contributed by atoms with van der Waals surface area (Å²) in [4.78, 5) is 11.2. The Morgan fingerprint density at radius 3 is 3.23 bits per heavy atom. The molecule has 0 N–H and O–H groups in total. The molecule has 3 heteroatoms. The molecule has 1 saturated carbocycles. The van der Waals surface area contributed by atoms with Crippen molar-refractivity contribution in [3.8, 4) is 0 Å². The molecule has 13 heavy (non-hydrogen) atoms. The van der Waals surface area contributed by atoms with Gasteiger partial charge in [0.25, 0.3) is 0 Å². The van der Waals surface area contributed by atoms with Crippen molar-refractivity contribution >= 4 is 5.97 Å². The first kappa shape index (κ1) is 8.35. The molecule has 1 heterocycles. The molecule has 0 bridgehead atoms. The van der Waals surface area contributed by atoms with E-state index in [-0.39, 0.29) is 17.8 Å². The summed E-state index contributed by atoms with van der Waals surface area (Å²) in [6.45, 7) is 2.28. The van der Waals surface area contributed by atoms with E-state index in [0.717, 1.165) is 12.2 Å². The molecule has 1 aliphatic carbocycles. The van der Waals surface area contributed by atoms with E-state index >= 15 is 0 Å². The Bertz CT molecular complexity index is 289. The van der Waals surface area contributed by atoms with Crippen molar-refractivity contribution in [1.29, 1.82) is 0 Å². The van der Waals surface area contributed by atoms with Gasteiger partial charge < -0.3 is 9.15 Å². The number of carbonyl (C=O) groups is 1. The predicted molar refractivity (Wildman–Crippen MR) is 46.2 cm³/mol. The molecule has 0 saturated heterocycles. The summed E-state index contributed by atoms with van der Waals surface area (Å²) in [6, 6.07) is 3.75. The van der Waals surface area contributed by atoms with E-state index in [1.54, 1.807) is 6.26 Å². The predicted octanol–water partition coefficient (Wildman–Crippen LogP) is 1.95. The number of carbonyl (C=O) groups excluding carboxylic acids is 1. The topological polar surface area (TPSA) is 39.4 Å².